The highest BCUT2D eigenvalue weighted by Crippen LogP contribution is 2.21. The van der Waals surface area contributed by atoms with Gasteiger partial charge in [0.2, 0.25) is 0 Å². The second-order valence-corrected chi connectivity index (χ2v) is 3.55. The number of phenolic OH excluding ortho intramolecular Hbond substituents is 1. The van der Waals surface area contributed by atoms with Gasteiger partial charge >= 0.3 is 0 Å². The molecule has 0 aromatic heterocycles. The van der Waals surface area contributed by atoms with E-state index in [4.69, 9.17) is 0 Å². The molecule has 0 radical (unpaired) electrons. The number of aromatic hydroxyl groups is 1. The molecule has 1 N–H and O–H groups in total. The third-order valence-corrected chi connectivity index (χ3v) is 2.28. The van der Waals surface area contributed by atoms with Crippen molar-refractivity contribution in [2.24, 2.45) is 0 Å². The van der Waals surface area contributed by atoms with Crippen LogP contribution in [0.25, 0.3) is 0 Å². The molecule has 0 unspecified atom stereocenters. The van der Waals surface area contributed by atoms with Crippen molar-refractivity contribution in [2.45, 2.75) is 33.1 Å². The molecule has 0 saturated carbocycles. The molecule has 0 amide bonds. The van der Waals surface area contributed by atoms with E-state index in [1.807, 2.05) is 25.1 Å². The Balaban J connectivity index is 2.63. The van der Waals surface area contributed by atoms with Gasteiger partial charge in [0.1, 0.15) is 5.75 Å². The predicted octanol–water partition coefficient (Wildman–Crippen LogP) is 3.60. The average molecular weight is 190 g/mol. The zero-order chi connectivity index (χ0) is 10.4. The SMILES string of the molecule is CCC/C=C/Cc1cccc(C)c1O. The van der Waals surface area contributed by atoms with Crippen LogP contribution in [0.1, 0.15) is 30.9 Å². The second kappa shape index (κ2) is 5.48. The molecule has 0 atom stereocenters. The van der Waals surface area contributed by atoms with Crippen molar-refractivity contribution in [1.82, 2.24) is 0 Å². The Morgan fingerprint density at radius 1 is 1.29 bits per heavy atom. The van der Waals surface area contributed by atoms with Crippen LogP contribution >= 0.6 is 0 Å². The van der Waals surface area contributed by atoms with Crippen LogP contribution in [0.3, 0.4) is 0 Å². The number of allylic oxidation sites excluding steroid dienone is 2. The second-order valence-electron chi connectivity index (χ2n) is 3.55. The lowest BCUT2D eigenvalue weighted by molar-refractivity contribution is 0.465. The first-order valence-corrected chi connectivity index (χ1v) is 5.18. The molecule has 0 bridgehead atoms. The van der Waals surface area contributed by atoms with Gasteiger partial charge in [-0.05, 0) is 30.9 Å². The van der Waals surface area contributed by atoms with Crippen molar-refractivity contribution < 1.29 is 5.11 Å². The first-order valence-electron chi connectivity index (χ1n) is 5.18. The quantitative estimate of drug-likeness (QED) is 0.719. The molecule has 1 aromatic rings. The molecule has 0 aliphatic heterocycles. The molecule has 0 spiro atoms. The summed E-state index contributed by atoms with van der Waals surface area (Å²) in [6, 6.07) is 5.88. The molecule has 0 saturated heterocycles. The first kappa shape index (κ1) is 10.8. The molecular weight excluding hydrogens is 172 g/mol. The standard InChI is InChI=1S/C13H18O/c1-3-4-5-6-9-12-10-7-8-11(2)13(12)14/h5-8,10,14H,3-4,9H2,1-2H3/b6-5+. The molecule has 1 aromatic carbocycles. The summed E-state index contributed by atoms with van der Waals surface area (Å²) in [5, 5.41) is 9.72. The minimum Gasteiger partial charge on any atom is -0.507 e. The summed E-state index contributed by atoms with van der Waals surface area (Å²) < 4.78 is 0. The fourth-order valence-electron chi connectivity index (χ4n) is 1.38. The van der Waals surface area contributed by atoms with E-state index >= 15 is 0 Å². The van der Waals surface area contributed by atoms with Crippen LogP contribution < -0.4 is 0 Å². The van der Waals surface area contributed by atoms with Gasteiger partial charge in [0, 0.05) is 0 Å². The van der Waals surface area contributed by atoms with E-state index in [1.54, 1.807) is 0 Å². The Bertz CT molecular complexity index is 313. The molecule has 0 aliphatic carbocycles. The Morgan fingerprint density at radius 3 is 2.79 bits per heavy atom. The number of phenols is 1. The van der Waals surface area contributed by atoms with Gasteiger partial charge in [-0.1, -0.05) is 43.7 Å². The van der Waals surface area contributed by atoms with Crippen molar-refractivity contribution >= 4 is 0 Å². The Labute approximate surface area is 86.1 Å². The van der Waals surface area contributed by atoms with Crippen LogP contribution in [0.15, 0.2) is 30.4 Å². The van der Waals surface area contributed by atoms with Gasteiger partial charge in [-0.15, -0.1) is 0 Å². The van der Waals surface area contributed by atoms with Crippen LogP contribution in [-0.4, -0.2) is 5.11 Å². The zero-order valence-corrected chi connectivity index (χ0v) is 8.96. The first-order chi connectivity index (χ1) is 6.75. The summed E-state index contributed by atoms with van der Waals surface area (Å²) in [5.41, 5.74) is 1.96. The molecular formula is C13H18O. The maximum absolute atomic E-state index is 9.72. The predicted molar refractivity (Wildman–Crippen MR) is 60.6 cm³/mol. The number of hydrogen-bond acceptors (Lipinski definition) is 1. The summed E-state index contributed by atoms with van der Waals surface area (Å²) in [5.74, 6) is 0.439. The van der Waals surface area contributed by atoms with Gasteiger partial charge in [-0.2, -0.15) is 0 Å². The van der Waals surface area contributed by atoms with Gasteiger partial charge in [0.05, 0.1) is 0 Å². The van der Waals surface area contributed by atoms with E-state index in [0.717, 1.165) is 24.0 Å². The molecule has 0 fully saturated rings. The van der Waals surface area contributed by atoms with Gasteiger partial charge in [0.25, 0.3) is 0 Å². The fourth-order valence-corrected chi connectivity index (χ4v) is 1.38. The Hall–Kier alpha value is -1.24. The molecule has 1 heteroatoms. The third-order valence-electron chi connectivity index (χ3n) is 2.28. The minimum atomic E-state index is 0.439. The number of rotatable bonds is 4. The molecule has 76 valence electrons. The topological polar surface area (TPSA) is 20.2 Å². The molecule has 1 nitrogen and oxygen atoms in total. The molecule has 1 rings (SSSR count). The van der Waals surface area contributed by atoms with E-state index in [1.165, 1.54) is 6.42 Å². The Morgan fingerprint density at radius 2 is 2.07 bits per heavy atom. The van der Waals surface area contributed by atoms with Crippen molar-refractivity contribution in [1.29, 1.82) is 0 Å². The van der Waals surface area contributed by atoms with Gasteiger partial charge in [-0.3, -0.25) is 0 Å². The largest absolute Gasteiger partial charge is 0.507 e. The molecule has 14 heavy (non-hydrogen) atoms. The van der Waals surface area contributed by atoms with Crippen LogP contribution in [0, 0.1) is 6.92 Å². The zero-order valence-electron chi connectivity index (χ0n) is 8.96. The molecule has 0 heterocycles. The Kier molecular flexibility index (Phi) is 4.24. The van der Waals surface area contributed by atoms with Crippen molar-refractivity contribution in [3.05, 3.63) is 41.5 Å². The fraction of sp³-hybridized carbons (Fsp3) is 0.385. The summed E-state index contributed by atoms with van der Waals surface area (Å²) in [6.45, 7) is 4.09. The summed E-state index contributed by atoms with van der Waals surface area (Å²) in [6.07, 6.45) is 7.41. The number of benzene rings is 1. The van der Waals surface area contributed by atoms with Crippen molar-refractivity contribution in [2.75, 3.05) is 0 Å². The number of aryl methyl sites for hydroxylation is 1. The number of para-hydroxylation sites is 1. The lowest BCUT2D eigenvalue weighted by atomic mass is 10.1. The maximum atomic E-state index is 9.72. The van der Waals surface area contributed by atoms with E-state index in [2.05, 4.69) is 19.1 Å². The van der Waals surface area contributed by atoms with E-state index in [-0.39, 0.29) is 0 Å². The van der Waals surface area contributed by atoms with E-state index in [9.17, 15) is 5.11 Å². The van der Waals surface area contributed by atoms with Crippen molar-refractivity contribution in [3.8, 4) is 5.75 Å². The van der Waals surface area contributed by atoms with E-state index < -0.39 is 0 Å². The third kappa shape index (κ3) is 2.91. The van der Waals surface area contributed by atoms with Gasteiger partial charge < -0.3 is 5.11 Å². The van der Waals surface area contributed by atoms with E-state index in [0.29, 0.717) is 5.75 Å². The summed E-state index contributed by atoms with van der Waals surface area (Å²) in [7, 11) is 0. The van der Waals surface area contributed by atoms with Crippen LogP contribution in [0.2, 0.25) is 0 Å². The highest BCUT2D eigenvalue weighted by Gasteiger charge is 2.00. The average Bonchev–Trinajstić information content (AvgIpc) is 2.19. The van der Waals surface area contributed by atoms with Gasteiger partial charge in [-0.25, -0.2) is 0 Å². The lowest BCUT2D eigenvalue weighted by Crippen LogP contribution is -1.84. The highest BCUT2D eigenvalue weighted by atomic mass is 16.3. The minimum absolute atomic E-state index is 0.439. The van der Waals surface area contributed by atoms with Crippen LogP contribution in [-0.2, 0) is 6.42 Å². The highest BCUT2D eigenvalue weighted by molar-refractivity contribution is 5.40. The summed E-state index contributed by atoms with van der Waals surface area (Å²) >= 11 is 0. The lowest BCUT2D eigenvalue weighted by Gasteiger charge is -2.03. The smallest absolute Gasteiger partial charge is 0.121 e. The molecule has 0 aliphatic rings. The maximum Gasteiger partial charge on any atom is 0.121 e. The van der Waals surface area contributed by atoms with Crippen LogP contribution in [0.5, 0.6) is 5.75 Å². The van der Waals surface area contributed by atoms with Crippen molar-refractivity contribution in [3.63, 3.8) is 0 Å². The monoisotopic (exact) mass is 190 g/mol. The summed E-state index contributed by atoms with van der Waals surface area (Å²) in [4.78, 5) is 0. The normalized spacial score (nSPS) is 11.0. The van der Waals surface area contributed by atoms with Crippen LogP contribution in [0.4, 0.5) is 0 Å². The van der Waals surface area contributed by atoms with Gasteiger partial charge in [0.15, 0.2) is 0 Å². The number of hydrogen-bond donors (Lipinski definition) is 1. The number of unbranched alkanes of at least 4 members (excludes halogenated alkanes) is 1.